The fourth-order valence-corrected chi connectivity index (χ4v) is 3.24. The number of rotatable bonds is 7. The summed E-state index contributed by atoms with van der Waals surface area (Å²) in [6.07, 6.45) is 1.07. The fourth-order valence-electron chi connectivity index (χ4n) is 3.24. The molecule has 1 fully saturated rings. The summed E-state index contributed by atoms with van der Waals surface area (Å²) in [7, 11) is 0. The molecule has 0 aliphatic carbocycles. The van der Waals surface area contributed by atoms with Crippen LogP contribution in [-0.4, -0.2) is 41.2 Å². The Morgan fingerprint density at radius 2 is 2.14 bits per heavy atom. The number of aromatic nitrogens is 2. The van der Waals surface area contributed by atoms with Crippen molar-refractivity contribution in [2.24, 2.45) is 5.92 Å². The van der Waals surface area contributed by atoms with Crippen molar-refractivity contribution in [1.82, 2.24) is 15.3 Å². The molecule has 0 bridgehead atoms. The van der Waals surface area contributed by atoms with Gasteiger partial charge in [0.25, 0.3) is 5.91 Å². The summed E-state index contributed by atoms with van der Waals surface area (Å²) in [4.78, 5) is 31.0. The Labute approximate surface area is 164 Å². The number of carbonyl (C=O) groups is 1. The van der Waals surface area contributed by atoms with E-state index in [1.807, 2.05) is 30.3 Å². The SMILES string of the molecule is CC(C)Cc1cc(C(=O)N[C@@H]2CCOC[C@H]2OCc2ccccc2)nc(=O)[nH]1. The molecule has 1 amide bonds. The van der Waals surface area contributed by atoms with E-state index in [9.17, 15) is 9.59 Å². The zero-order chi connectivity index (χ0) is 19.9. The zero-order valence-electron chi connectivity index (χ0n) is 16.3. The highest BCUT2D eigenvalue weighted by molar-refractivity contribution is 5.92. The van der Waals surface area contributed by atoms with Gasteiger partial charge in [-0.25, -0.2) is 4.79 Å². The lowest BCUT2D eigenvalue weighted by molar-refractivity contribution is -0.0736. The van der Waals surface area contributed by atoms with Crippen molar-refractivity contribution in [2.45, 2.75) is 45.4 Å². The van der Waals surface area contributed by atoms with Crippen molar-refractivity contribution in [3.63, 3.8) is 0 Å². The molecule has 2 heterocycles. The molecule has 1 aromatic carbocycles. The normalized spacial score (nSPS) is 19.5. The Balaban J connectivity index is 1.65. The molecule has 150 valence electrons. The molecule has 2 atom stereocenters. The van der Waals surface area contributed by atoms with E-state index in [0.717, 1.165) is 5.56 Å². The van der Waals surface area contributed by atoms with Gasteiger partial charge in [-0.2, -0.15) is 4.98 Å². The Morgan fingerprint density at radius 1 is 1.36 bits per heavy atom. The van der Waals surface area contributed by atoms with Crippen LogP contribution in [0.15, 0.2) is 41.2 Å². The summed E-state index contributed by atoms with van der Waals surface area (Å²) in [6, 6.07) is 11.3. The highest BCUT2D eigenvalue weighted by Gasteiger charge is 2.29. The van der Waals surface area contributed by atoms with E-state index in [1.165, 1.54) is 0 Å². The molecule has 1 aliphatic heterocycles. The van der Waals surface area contributed by atoms with Gasteiger partial charge in [0.05, 0.1) is 19.3 Å². The van der Waals surface area contributed by atoms with Gasteiger partial charge in [-0.05, 0) is 30.4 Å². The lowest BCUT2D eigenvalue weighted by Crippen LogP contribution is -2.50. The molecule has 1 aromatic heterocycles. The minimum atomic E-state index is -0.507. The first-order valence-electron chi connectivity index (χ1n) is 9.65. The minimum absolute atomic E-state index is 0.132. The van der Waals surface area contributed by atoms with Crippen molar-refractivity contribution >= 4 is 5.91 Å². The molecule has 3 rings (SSSR count). The summed E-state index contributed by atoms with van der Waals surface area (Å²) in [5.41, 5.74) is 1.40. The van der Waals surface area contributed by atoms with Gasteiger partial charge in [0, 0.05) is 12.3 Å². The molecule has 1 aliphatic rings. The standard InChI is InChI=1S/C21H27N3O4/c1-14(2)10-16-11-18(24-21(26)22-16)20(25)23-17-8-9-27-13-19(17)28-12-15-6-4-3-5-7-15/h3-7,11,14,17,19H,8-10,12-13H2,1-2H3,(H,23,25)(H,22,24,26)/t17-,19-/m1/s1. The maximum Gasteiger partial charge on any atom is 0.345 e. The largest absolute Gasteiger partial charge is 0.379 e. The molecule has 0 radical (unpaired) electrons. The van der Waals surface area contributed by atoms with E-state index in [4.69, 9.17) is 9.47 Å². The van der Waals surface area contributed by atoms with Gasteiger partial charge in [-0.15, -0.1) is 0 Å². The van der Waals surface area contributed by atoms with E-state index >= 15 is 0 Å². The smallest absolute Gasteiger partial charge is 0.345 e. The van der Waals surface area contributed by atoms with E-state index in [2.05, 4.69) is 29.1 Å². The molecule has 1 saturated heterocycles. The Morgan fingerprint density at radius 3 is 2.89 bits per heavy atom. The number of nitrogens with one attached hydrogen (secondary N) is 2. The first-order chi connectivity index (χ1) is 13.5. The molecule has 28 heavy (non-hydrogen) atoms. The van der Waals surface area contributed by atoms with E-state index in [-0.39, 0.29) is 23.7 Å². The first kappa shape index (κ1) is 20.2. The third kappa shape index (κ3) is 5.74. The van der Waals surface area contributed by atoms with E-state index < -0.39 is 5.69 Å². The molecule has 2 aromatic rings. The predicted molar refractivity (Wildman–Crippen MR) is 105 cm³/mol. The van der Waals surface area contributed by atoms with Crippen LogP contribution in [0.25, 0.3) is 0 Å². The average Bonchev–Trinajstić information content (AvgIpc) is 2.67. The molecular weight excluding hydrogens is 358 g/mol. The quantitative estimate of drug-likeness (QED) is 0.761. The van der Waals surface area contributed by atoms with Crippen molar-refractivity contribution in [2.75, 3.05) is 13.2 Å². The van der Waals surface area contributed by atoms with Gasteiger partial charge in [0.2, 0.25) is 0 Å². The van der Waals surface area contributed by atoms with Gasteiger partial charge in [0.15, 0.2) is 0 Å². The Hall–Kier alpha value is -2.51. The summed E-state index contributed by atoms with van der Waals surface area (Å²) in [5, 5.41) is 2.97. The highest BCUT2D eigenvalue weighted by Crippen LogP contribution is 2.15. The van der Waals surface area contributed by atoms with Crippen LogP contribution in [0.1, 0.15) is 42.0 Å². The number of hydrogen-bond acceptors (Lipinski definition) is 5. The van der Waals surface area contributed by atoms with Gasteiger partial charge in [0.1, 0.15) is 11.8 Å². The van der Waals surface area contributed by atoms with Crippen LogP contribution in [0, 0.1) is 5.92 Å². The summed E-state index contributed by atoms with van der Waals surface area (Å²) in [6.45, 7) is 5.52. The van der Waals surface area contributed by atoms with E-state index in [1.54, 1.807) is 6.07 Å². The number of aromatic amines is 1. The summed E-state index contributed by atoms with van der Waals surface area (Å²) >= 11 is 0. The zero-order valence-corrected chi connectivity index (χ0v) is 16.3. The summed E-state index contributed by atoms with van der Waals surface area (Å²) < 4.78 is 11.5. The van der Waals surface area contributed by atoms with Crippen LogP contribution in [0.3, 0.4) is 0 Å². The number of H-pyrrole nitrogens is 1. The van der Waals surface area contributed by atoms with Crippen molar-refractivity contribution in [3.05, 3.63) is 63.8 Å². The second kappa shape index (κ2) is 9.61. The lowest BCUT2D eigenvalue weighted by atomic mass is 10.0. The average molecular weight is 385 g/mol. The van der Waals surface area contributed by atoms with Crippen LogP contribution >= 0.6 is 0 Å². The first-order valence-corrected chi connectivity index (χ1v) is 9.65. The lowest BCUT2D eigenvalue weighted by Gasteiger charge is -2.32. The predicted octanol–water partition coefficient (Wildman–Crippen LogP) is 2.07. The second-order valence-corrected chi connectivity index (χ2v) is 7.47. The maximum atomic E-state index is 12.7. The summed E-state index contributed by atoms with van der Waals surface area (Å²) in [5.74, 6) is -0.00320. The van der Waals surface area contributed by atoms with Crippen molar-refractivity contribution in [3.8, 4) is 0 Å². The second-order valence-electron chi connectivity index (χ2n) is 7.47. The maximum absolute atomic E-state index is 12.7. The van der Waals surface area contributed by atoms with Crippen molar-refractivity contribution < 1.29 is 14.3 Å². The van der Waals surface area contributed by atoms with Crippen LogP contribution in [0.2, 0.25) is 0 Å². The van der Waals surface area contributed by atoms with E-state index in [0.29, 0.717) is 44.3 Å². The van der Waals surface area contributed by atoms with Gasteiger partial charge in [-0.1, -0.05) is 44.2 Å². The van der Waals surface area contributed by atoms with Crippen LogP contribution < -0.4 is 11.0 Å². The third-order valence-corrected chi connectivity index (χ3v) is 4.59. The van der Waals surface area contributed by atoms with Crippen LogP contribution in [0.4, 0.5) is 0 Å². The number of nitrogens with zero attached hydrogens (tertiary/aromatic N) is 1. The number of ether oxygens (including phenoxy) is 2. The molecule has 7 nitrogen and oxygen atoms in total. The van der Waals surface area contributed by atoms with Gasteiger partial charge in [-0.3, -0.25) is 4.79 Å². The fraction of sp³-hybridized carbons (Fsp3) is 0.476. The number of carbonyl (C=O) groups excluding carboxylic acids is 1. The Bertz CT molecular complexity index is 835. The molecular formula is C21H27N3O4. The number of amides is 1. The van der Waals surface area contributed by atoms with Crippen molar-refractivity contribution in [1.29, 1.82) is 0 Å². The minimum Gasteiger partial charge on any atom is -0.379 e. The number of benzene rings is 1. The molecule has 0 saturated carbocycles. The van der Waals surface area contributed by atoms with Gasteiger partial charge < -0.3 is 19.8 Å². The van der Waals surface area contributed by atoms with Gasteiger partial charge >= 0.3 is 5.69 Å². The van der Waals surface area contributed by atoms with Crippen LogP contribution in [-0.2, 0) is 22.5 Å². The number of hydrogen-bond donors (Lipinski definition) is 2. The topological polar surface area (TPSA) is 93.3 Å². The van der Waals surface area contributed by atoms with Crippen LogP contribution in [0.5, 0.6) is 0 Å². The molecule has 2 N–H and O–H groups in total. The molecule has 0 unspecified atom stereocenters. The Kier molecular flexibility index (Phi) is 6.95. The highest BCUT2D eigenvalue weighted by atomic mass is 16.5. The molecule has 7 heteroatoms. The monoisotopic (exact) mass is 385 g/mol. The third-order valence-electron chi connectivity index (χ3n) is 4.59. The molecule has 0 spiro atoms.